The molecule has 2 aliphatic heterocycles. The van der Waals surface area contributed by atoms with E-state index in [9.17, 15) is 4.79 Å². The fourth-order valence-corrected chi connectivity index (χ4v) is 4.13. The minimum atomic E-state index is -0.451. The molecular weight excluding hydrogens is 344 g/mol. The summed E-state index contributed by atoms with van der Waals surface area (Å²) in [6, 6.07) is 9.41. The lowest BCUT2D eigenvalue weighted by Gasteiger charge is -2.36. The molecule has 6 heteroatoms. The van der Waals surface area contributed by atoms with Crippen molar-refractivity contribution in [3.63, 3.8) is 0 Å². The van der Waals surface area contributed by atoms with Crippen LogP contribution >= 0.6 is 24.2 Å². The number of hydrogen-bond donors (Lipinski definition) is 1. The minimum absolute atomic E-state index is 0. The Morgan fingerprint density at radius 1 is 1.25 bits per heavy atom. The molecule has 1 N–H and O–H groups in total. The third kappa shape index (κ3) is 4.38. The van der Waals surface area contributed by atoms with E-state index >= 15 is 0 Å². The number of nitrogens with zero attached hydrogens (tertiary/aromatic N) is 1. The molecule has 2 heterocycles. The van der Waals surface area contributed by atoms with Gasteiger partial charge in [-0.15, -0.1) is 24.2 Å². The highest BCUT2D eigenvalue weighted by atomic mass is 35.5. The van der Waals surface area contributed by atoms with E-state index in [-0.39, 0.29) is 18.3 Å². The SMILES string of the molecule is CSc1ccc(OC(C)C(=O)N(C)C2CC3CCC(C2)N3)cc1.Cl. The topological polar surface area (TPSA) is 41.6 Å². The molecule has 2 bridgehead atoms. The summed E-state index contributed by atoms with van der Waals surface area (Å²) in [5.41, 5.74) is 0. The molecule has 3 atom stereocenters. The van der Waals surface area contributed by atoms with Crippen molar-refractivity contribution in [1.29, 1.82) is 0 Å². The van der Waals surface area contributed by atoms with E-state index in [1.165, 1.54) is 17.7 Å². The Balaban J connectivity index is 0.00000208. The van der Waals surface area contributed by atoms with E-state index in [1.54, 1.807) is 11.8 Å². The van der Waals surface area contributed by atoms with E-state index in [2.05, 4.69) is 5.32 Å². The molecule has 1 aromatic carbocycles. The van der Waals surface area contributed by atoms with Crippen molar-refractivity contribution >= 4 is 30.1 Å². The third-order valence-corrected chi connectivity index (χ3v) is 5.81. The predicted octanol–water partition coefficient (Wildman–Crippen LogP) is 3.34. The number of thioether (sulfide) groups is 1. The first kappa shape index (κ1) is 19.4. The first-order valence-corrected chi connectivity index (χ1v) is 9.62. The summed E-state index contributed by atoms with van der Waals surface area (Å²) >= 11 is 1.70. The van der Waals surface area contributed by atoms with Crippen LogP contribution in [0.4, 0.5) is 0 Å². The number of nitrogens with one attached hydrogen (secondary N) is 1. The number of hydrogen-bond acceptors (Lipinski definition) is 4. The summed E-state index contributed by atoms with van der Waals surface area (Å²) in [6.07, 6.45) is 6.21. The van der Waals surface area contributed by atoms with E-state index in [4.69, 9.17) is 4.74 Å². The largest absolute Gasteiger partial charge is 0.481 e. The highest BCUT2D eigenvalue weighted by Gasteiger charge is 2.37. The number of benzene rings is 1. The lowest BCUT2D eigenvalue weighted by atomic mass is 9.98. The van der Waals surface area contributed by atoms with Gasteiger partial charge in [0.05, 0.1) is 0 Å². The van der Waals surface area contributed by atoms with Crippen LogP contribution in [0.25, 0.3) is 0 Å². The molecule has 0 aromatic heterocycles. The summed E-state index contributed by atoms with van der Waals surface area (Å²) in [7, 11) is 1.93. The van der Waals surface area contributed by atoms with Crippen LogP contribution in [0.15, 0.2) is 29.2 Å². The maximum absolute atomic E-state index is 12.7. The molecule has 3 rings (SSSR count). The Hall–Kier alpha value is -0.910. The zero-order chi connectivity index (χ0) is 16.4. The highest BCUT2D eigenvalue weighted by molar-refractivity contribution is 7.98. The fourth-order valence-electron chi connectivity index (χ4n) is 3.72. The number of likely N-dealkylation sites (N-methyl/N-ethyl adjacent to an activating group) is 1. The van der Waals surface area contributed by atoms with Crippen LogP contribution in [-0.4, -0.2) is 48.3 Å². The standard InChI is InChI=1S/C18H26N2O2S.ClH/c1-12(22-16-6-8-17(23-3)9-7-16)18(21)20(2)15-10-13-4-5-14(11-15)19-13;/h6-9,12-15,19H,4-5,10-11H2,1-3H3;1H. The summed E-state index contributed by atoms with van der Waals surface area (Å²) in [4.78, 5) is 15.8. The molecule has 0 saturated carbocycles. The van der Waals surface area contributed by atoms with Crippen molar-refractivity contribution in [3.05, 3.63) is 24.3 Å². The lowest BCUT2D eigenvalue weighted by molar-refractivity contribution is -0.139. The molecule has 24 heavy (non-hydrogen) atoms. The van der Waals surface area contributed by atoms with Gasteiger partial charge in [-0.05, 0) is 63.1 Å². The Kier molecular flexibility index (Phi) is 6.84. The first-order chi connectivity index (χ1) is 11.1. The number of piperidine rings is 1. The number of fused-ring (bicyclic) bond motifs is 2. The van der Waals surface area contributed by atoms with Crippen molar-refractivity contribution < 1.29 is 9.53 Å². The zero-order valence-electron chi connectivity index (χ0n) is 14.5. The van der Waals surface area contributed by atoms with Gasteiger partial charge in [0.25, 0.3) is 5.91 Å². The van der Waals surface area contributed by atoms with Crippen LogP contribution in [0.3, 0.4) is 0 Å². The number of carbonyl (C=O) groups excluding carboxylic acids is 1. The Morgan fingerprint density at radius 2 is 1.83 bits per heavy atom. The molecule has 3 unspecified atom stereocenters. The van der Waals surface area contributed by atoms with Gasteiger partial charge >= 0.3 is 0 Å². The van der Waals surface area contributed by atoms with Crippen LogP contribution in [-0.2, 0) is 4.79 Å². The molecule has 0 aliphatic carbocycles. The molecule has 2 fully saturated rings. The average Bonchev–Trinajstić information content (AvgIpc) is 2.92. The third-order valence-electron chi connectivity index (χ3n) is 5.06. The molecule has 1 aromatic rings. The van der Waals surface area contributed by atoms with Crippen LogP contribution in [0.2, 0.25) is 0 Å². The van der Waals surface area contributed by atoms with Crippen molar-refractivity contribution in [3.8, 4) is 5.75 Å². The molecule has 1 amide bonds. The maximum atomic E-state index is 12.7. The van der Waals surface area contributed by atoms with Crippen LogP contribution in [0.1, 0.15) is 32.6 Å². The van der Waals surface area contributed by atoms with E-state index in [1.807, 2.05) is 49.4 Å². The van der Waals surface area contributed by atoms with Gasteiger partial charge in [-0.3, -0.25) is 4.79 Å². The fraction of sp³-hybridized carbons (Fsp3) is 0.611. The van der Waals surface area contributed by atoms with Crippen LogP contribution in [0, 0.1) is 0 Å². The normalized spacial score (nSPS) is 26.4. The Morgan fingerprint density at radius 3 is 2.38 bits per heavy atom. The molecule has 134 valence electrons. The number of amides is 1. The van der Waals surface area contributed by atoms with E-state index in [0.29, 0.717) is 18.1 Å². The summed E-state index contributed by atoms with van der Waals surface area (Å²) in [6.45, 7) is 1.84. The van der Waals surface area contributed by atoms with Gasteiger partial charge in [-0.25, -0.2) is 0 Å². The summed E-state index contributed by atoms with van der Waals surface area (Å²) in [5, 5.41) is 3.62. The van der Waals surface area contributed by atoms with Gasteiger partial charge in [-0.1, -0.05) is 0 Å². The van der Waals surface area contributed by atoms with Crippen molar-refractivity contribution in [2.75, 3.05) is 13.3 Å². The second kappa shape index (κ2) is 8.45. The molecule has 2 aliphatic rings. The van der Waals surface area contributed by atoms with E-state index < -0.39 is 6.10 Å². The van der Waals surface area contributed by atoms with Gasteiger partial charge in [0.15, 0.2) is 6.10 Å². The van der Waals surface area contributed by atoms with Gasteiger partial charge in [-0.2, -0.15) is 0 Å². The second-order valence-electron chi connectivity index (χ2n) is 6.65. The van der Waals surface area contributed by atoms with Crippen LogP contribution in [0.5, 0.6) is 5.75 Å². The van der Waals surface area contributed by atoms with Gasteiger partial charge in [0.1, 0.15) is 5.75 Å². The van der Waals surface area contributed by atoms with Gasteiger partial charge < -0.3 is 15.0 Å². The van der Waals surface area contributed by atoms with Gasteiger partial charge in [0.2, 0.25) is 0 Å². The number of rotatable bonds is 5. The van der Waals surface area contributed by atoms with Gasteiger partial charge in [0, 0.05) is 30.1 Å². The molecule has 0 spiro atoms. The number of carbonyl (C=O) groups is 1. The molecular formula is C18H27ClN2O2S. The number of halogens is 1. The van der Waals surface area contributed by atoms with Crippen molar-refractivity contribution in [2.24, 2.45) is 0 Å². The Bertz CT molecular complexity index is 542. The number of ether oxygens (including phenoxy) is 1. The summed E-state index contributed by atoms with van der Waals surface area (Å²) < 4.78 is 5.84. The molecule has 0 radical (unpaired) electrons. The highest BCUT2D eigenvalue weighted by Crippen LogP contribution is 2.29. The van der Waals surface area contributed by atoms with Crippen LogP contribution < -0.4 is 10.1 Å². The summed E-state index contributed by atoms with van der Waals surface area (Å²) in [5.74, 6) is 0.827. The predicted molar refractivity (Wildman–Crippen MR) is 101 cm³/mol. The zero-order valence-corrected chi connectivity index (χ0v) is 16.2. The smallest absolute Gasteiger partial charge is 0.263 e. The quantitative estimate of drug-likeness (QED) is 0.807. The minimum Gasteiger partial charge on any atom is -0.481 e. The Labute approximate surface area is 155 Å². The average molecular weight is 371 g/mol. The molecule has 4 nitrogen and oxygen atoms in total. The molecule has 2 saturated heterocycles. The van der Waals surface area contributed by atoms with Crippen molar-refractivity contribution in [2.45, 2.75) is 61.7 Å². The second-order valence-corrected chi connectivity index (χ2v) is 7.53. The maximum Gasteiger partial charge on any atom is 0.263 e. The van der Waals surface area contributed by atoms with E-state index in [0.717, 1.165) is 18.6 Å². The van der Waals surface area contributed by atoms with Crippen molar-refractivity contribution in [1.82, 2.24) is 10.2 Å². The monoisotopic (exact) mass is 370 g/mol. The first-order valence-electron chi connectivity index (χ1n) is 8.40. The lowest BCUT2D eigenvalue weighted by Crippen LogP contribution is -2.51.